The molecular formula is C18H25NO5S. The molecule has 0 saturated carbocycles. The molecule has 7 heteroatoms. The second kappa shape index (κ2) is 7.85. The molecule has 1 amide bonds. The molecule has 1 spiro atoms. The molecule has 2 heterocycles. The van der Waals surface area contributed by atoms with Gasteiger partial charge in [0.25, 0.3) is 0 Å². The van der Waals surface area contributed by atoms with Crippen LogP contribution in [0.4, 0.5) is 0 Å². The van der Waals surface area contributed by atoms with E-state index in [1.807, 2.05) is 0 Å². The molecule has 6 nitrogen and oxygen atoms in total. The summed E-state index contributed by atoms with van der Waals surface area (Å²) in [6.45, 7) is 2.00. The monoisotopic (exact) mass is 367 g/mol. The van der Waals surface area contributed by atoms with Gasteiger partial charge in [0, 0.05) is 32.3 Å². The van der Waals surface area contributed by atoms with Crippen LogP contribution in [0.2, 0.25) is 0 Å². The van der Waals surface area contributed by atoms with Crippen molar-refractivity contribution in [2.75, 3.05) is 25.6 Å². The Bertz CT molecular complexity index is 677. The van der Waals surface area contributed by atoms with Gasteiger partial charge in [0.15, 0.2) is 9.84 Å². The van der Waals surface area contributed by atoms with E-state index in [0.29, 0.717) is 19.8 Å². The van der Waals surface area contributed by atoms with Crippen molar-refractivity contribution in [1.29, 1.82) is 0 Å². The van der Waals surface area contributed by atoms with Gasteiger partial charge >= 0.3 is 0 Å². The van der Waals surface area contributed by atoms with Gasteiger partial charge in [-0.15, -0.1) is 0 Å². The van der Waals surface area contributed by atoms with E-state index < -0.39 is 9.84 Å². The Morgan fingerprint density at radius 1 is 1.16 bits per heavy atom. The van der Waals surface area contributed by atoms with Crippen LogP contribution in [-0.4, -0.2) is 51.5 Å². The number of rotatable bonds is 5. The number of sulfone groups is 1. The van der Waals surface area contributed by atoms with E-state index >= 15 is 0 Å². The predicted molar refractivity (Wildman–Crippen MR) is 93.0 cm³/mol. The van der Waals surface area contributed by atoms with Crippen LogP contribution in [0.5, 0.6) is 0 Å². The fraction of sp³-hybridized carbons (Fsp3) is 0.611. The smallest absolute Gasteiger partial charge is 0.221 e. The van der Waals surface area contributed by atoms with Crippen LogP contribution in [-0.2, 0) is 24.1 Å². The Morgan fingerprint density at radius 3 is 2.60 bits per heavy atom. The highest BCUT2D eigenvalue weighted by molar-refractivity contribution is 7.91. The first-order valence-corrected chi connectivity index (χ1v) is 10.4. The summed E-state index contributed by atoms with van der Waals surface area (Å²) < 4.78 is 35.9. The molecule has 2 saturated heterocycles. The summed E-state index contributed by atoms with van der Waals surface area (Å²) in [5.74, 6) is -0.390. The van der Waals surface area contributed by atoms with Crippen LogP contribution in [0.1, 0.15) is 32.1 Å². The van der Waals surface area contributed by atoms with Crippen molar-refractivity contribution >= 4 is 15.7 Å². The first-order chi connectivity index (χ1) is 12.0. The Labute approximate surface area is 148 Å². The number of carbonyl (C=O) groups excluding carboxylic acids is 1. The summed E-state index contributed by atoms with van der Waals surface area (Å²) in [5, 5.41) is 2.99. The van der Waals surface area contributed by atoms with Gasteiger partial charge in [-0.25, -0.2) is 8.42 Å². The molecule has 2 aliphatic rings. The van der Waals surface area contributed by atoms with Crippen molar-refractivity contribution in [1.82, 2.24) is 5.32 Å². The summed E-state index contributed by atoms with van der Waals surface area (Å²) in [6, 6.07) is 8.29. The number of benzene rings is 1. The van der Waals surface area contributed by atoms with Crippen molar-refractivity contribution in [3.63, 3.8) is 0 Å². The third kappa shape index (κ3) is 4.80. The van der Waals surface area contributed by atoms with E-state index in [1.165, 1.54) is 0 Å². The van der Waals surface area contributed by atoms with Gasteiger partial charge in [0.2, 0.25) is 5.91 Å². The minimum absolute atomic E-state index is 0.0231. The average Bonchev–Trinajstić information content (AvgIpc) is 2.62. The summed E-state index contributed by atoms with van der Waals surface area (Å²) in [4.78, 5) is 12.5. The summed E-state index contributed by atoms with van der Waals surface area (Å²) >= 11 is 0. The van der Waals surface area contributed by atoms with E-state index in [-0.39, 0.29) is 34.6 Å². The van der Waals surface area contributed by atoms with E-state index in [4.69, 9.17) is 9.47 Å². The van der Waals surface area contributed by atoms with Crippen LogP contribution in [0, 0.1) is 0 Å². The van der Waals surface area contributed by atoms with Crippen molar-refractivity contribution in [2.45, 2.75) is 48.6 Å². The zero-order valence-corrected chi connectivity index (χ0v) is 15.1. The Morgan fingerprint density at radius 2 is 1.88 bits per heavy atom. The molecule has 0 radical (unpaired) electrons. The number of carbonyl (C=O) groups is 1. The first-order valence-electron chi connectivity index (χ1n) is 8.78. The average molecular weight is 367 g/mol. The standard InChI is InChI=1S/C18H25NO5S/c20-17(7-13-25(21,22)16-4-2-1-3-5-16)19-15-6-10-24-18(14-15)8-11-23-12-9-18/h1-5,15H,6-14H2,(H,19,20)/t15-/m1/s1. The SMILES string of the molecule is O=C(CCS(=O)(=O)c1ccccc1)N[C@@H]1CCOC2(CCOCC2)C1. The van der Waals surface area contributed by atoms with Crippen LogP contribution in [0.15, 0.2) is 35.2 Å². The van der Waals surface area contributed by atoms with Gasteiger partial charge in [0.1, 0.15) is 0 Å². The lowest BCUT2D eigenvalue weighted by Gasteiger charge is -2.43. The maximum absolute atomic E-state index is 12.3. The lowest BCUT2D eigenvalue weighted by molar-refractivity contribution is -0.143. The second-order valence-corrected chi connectivity index (χ2v) is 8.89. The fourth-order valence-corrected chi connectivity index (χ4v) is 4.78. The van der Waals surface area contributed by atoms with E-state index in [2.05, 4.69) is 5.32 Å². The highest BCUT2D eigenvalue weighted by Crippen LogP contribution is 2.34. The van der Waals surface area contributed by atoms with Gasteiger partial charge < -0.3 is 14.8 Å². The zero-order chi connectivity index (χ0) is 17.8. The fourth-order valence-electron chi connectivity index (χ4n) is 3.52. The number of ether oxygens (including phenoxy) is 2. The van der Waals surface area contributed by atoms with E-state index in [1.54, 1.807) is 30.3 Å². The Hall–Kier alpha value is -1.44. The van der Waals surface area contributed by atoms with Gasteiger partial charge in [0.05, 0.1) is 16.2 Å². The van der Waals surface area contributed by atoms with Crippen LogP contribution in [0.25, 0.3) is 0 Å². The second-order valence-electron chi connectivity index (χ2n) is 6.78. The van der Waals surface area contributed by atoms with Crippen LogP contribution < -0.4 is 5.32 Å². The van der Waals surface area contributed by atoms with Gasteiger partial charge in [-0.05, 0) is 37.8 Å². The molecule has 2 fully saturated rings. The van der Waals surface area contributed by atoms with E-state index in [0.717, 1.165) is 25.7 Å². The van der Waals surface area contributed by atoms with Crippen LogP contribution >= 0.6 is 0 Å². The number of amides is 1. The molecule has 1 atom stereocenters. The summed E-state index contributed by atoms with van der Waals surface area (Å²) in [6.07, 6.45) is 3.21. The first kappa shape index (κ1) is 18.4. The molecule has 0 aromatic heterocycles. The summed E-state index contributed by atoms with van der Waals surface area (Å²) in [7, 11) is -3.43. The van der Waals surface area contributed by atoms with Gasteiger partial charge in [-0.2, -0.15) is 0 Å². The quantitative estimate of drug-likeness (QED) is 0.857. The maximum Gasteiger partial charge on any atom is 0.221 e. The highest BCUT2D eigenvalue weighted by Gasteiger charge is 2.39. The van der Waals surface area contributed by atoms with Crippen LogP contribution in [0.3, 0.4) is 0 Å². The number of hydrogen-bond acceptors (Lipinski definition) is 5. The zero-order valence-electron chi connectivity index (χ0n) is 14.3. The van der Waals surface area contributed by atoms with Gasteiger partial charge in [-0.3, -0.25) is 4.79 Å². The minimum Gasteiger partial charge on any atom is -0.381 e. The molecule has 0 aliphatic carbocycles. The molecule has 1 aromatic rings. The van der Waals surface area contributed by atoms with Gasteiger partial charge in [-0.1, -0.05) is 18.2 Å². The third-order valence-electron chi connectivity index (χ3n) is 4.96. The van der Waals surface area contributed by atoms with Crippen molar-refractivity contribution in [3.8, 4) is 0 Å². The summed E-state index contributed by atoms with van der Waals surface area (Å²) in [5.41, 5.74) is -0.190. The van der Waals surface area contributed by atoms with Crippen molar-refractivity contribution in [2.24, 2.45) is 0 Å². The molecule has 1 N–H and O–H groups in total. The largest absolute Gasteiger partial charge is 0.381 e. The molecule has 0 unspecified atom stereocenters. The molecule has 2 aliphatic heterocycles. The molecule has 3 rings (SSSR count). The van der Waals surface area contributed by atoms with Crippen molar-refractivity contribution < 1.29 is 22.7 Å². The third-order valence-corrected chi connectivity index (χ3v) is 6.69. The topological polar surface area (TPSA) is 81.7 Å². The molecule has 138 valence electrons. The van der Waals surface area contributed by atoms with E-state index in [9.17, 15) is 13.2 Å². The maximum atomic E-state index is 12.3. The molecule has 0 bridgehead atoms. The normalized spacial score (nSPS) is 23.3. The Balaban J connectivity index is 1.51. The number of nitrogens with one attached hydrogen (secondary N) is 1. The highest BCUT2D eigenvalue weighted by atomic mass is 32.2. The molecule has 1 aromatic carbocycles. The minimum atomic E-state index is -3.43. The number of hydrogen-bond donors (Lipinski definition) is 1. The molecule has 25 heavy (non-hydrogen) atoms. The van der Waals surface area contributed by atoms with Crippen molar-refractivity contribution in [3.05, 3.63) is 30.3 Å². The lowest BCUT2D eigenvalue weighted by Crippen LogP contribution is -2.51. The predicted octanol–water partition coefficient (Wildman–Crippen LogP) is 1.69. The molecular weight excluding hydrogens is 342 g/mol. The Kier molecular flexibility index (Phi) is 5.76. The lowest BCUT2D eigenvalue weighted by atomic mass is 9.84.